The van der Waals surface area contributed by atoms with Gasteiger partial charge in [0.1, 0.15) is 11.6 Å². The molecule has 0 aromatic heterocycles. The van der Waals surface area contributed by atoms with E-state index < -0.39 is 5.91 Å². The highest BCUT2D eigenvalue weighted by Gasteiger charge is 2.13. The molecule has 0 spiro atoms. The van der Waals surface area contributed by atoms with Crippen molar-refractivity contribution in [2.45, 2.75) is 30.1 Å². The second-order valence-electron chi connectivity index (χ2n) is 6.64. The summed E-state index contributed by atoms with van der Waals surface area (Å²) in [5, 5.41) is 15.6. The van der Waals surface area contributed by atoms with Crippen molar-refractivity contribution in [1.82, 2.24) is 0 Å². The molecule has 30 heavy (non-hydrogen) atoms. The molecule has 2 N–H and O–H groups in total. The number of amides is 1. The van der Waals surface area contributed by atoms with Crippen LogP contribution in [0.15, 0.2) is 94.4 Å². The minimum atomic E-state index is -0.447. The zero-order chi connectivity index (χ0) is 21.3. The first-order valence-electron chi connectivity index (χ1n) is 9.71. The van der Waals surface area contributed by atoms with E-state index in [4.69, 9.17) is 0 Å². The minimum absolute atomic E-state index is 0.0137. The molecule has 0 aliphatic carbocycles. The summed E-state index contributed by atoms with van der Waals surface area (Å²) in [5.41, 5.74) is 3.81. The van der Waals surface area contributed by atoms with Crippen molar-refractivity contribution in [3.8, 4) is 6.07 Å². The largest absolute Gasteiger partial charge is 0.360 e. The third kappa shape index (κ3) is 5.31. The summed E-state index contributed by atoms with van der Waals surface area (Å²) in [6.07, 6.45) is 2.33. The summed E-state index contributed by atoms with van der Waals surface area (Å²) in [7, 11) is 0. The van der Waals surface area contributed by atoms with Crippen LogP contribution in [0.2, 0.25) is 0 Å². The van der Waals surface area contributed by atoms with E-state index in [9.17, 15) is 10.1 Å². The fraction of sp³-hybridized carbons (Fsp3) is 0.120. The summed E-state index contributed by atoms with van der Waals surface area (Å²) in [6.45, 7) is 4.07. The van der Waals surface area contributed by atoms with Gasteiger partial charge in [-0.15, -0.1) is 0 Å². The number of anilines is 2. The van der Waals surface area contributed by atoms with Gasteiger partial charge in [0, 0.05) is 21.7 Å². The standard InChI is InChI=1S/C25H23N3OS/c1-3-19-11-9-10-18(2)24(19)27-17-20(16-26)25(29)28-22-14-7-8-15-23(22)30-21-12-5-4-6-13-21/h4-15,17,27H,3H2,1-2H3,(H,28,29)/b20-17-. The van der Waals surface area contributed by atoms with Crippen LogP contribution in [0, 0.1) is 18.3 Å². The zero-order valence-electron chi connectivity index (χ0n) is 17.0. The maximum Gasteiger partial charge on any atom is 0.267 e. The maximum atomic E-state index is 12.8. The molecule has 5 heteroatoms. The van der Waals surface area contributed by atoms with Crippen LogP contribution >= 0.6 is 11.8 Å². The van der Waals surface area contributed by atoms with E-state index in [0.717, 1.165) is 33.0 Å². The van der Waals surface area contributed by atoms with Gasteiger partial charge < -0.3 is 10.6 Å². The van der Waals surface area contributed by atoms with Crippen molar-refractivity contribution in [2.24, 2.45) is 0 Å². The van der Waals surface area contributed by atoms with E-state index in [0.29, 0.717) is 5.69 Å². The predicted octanol–water partition coefficient (Wildman–Crippen LogP) is 6.17. The first-order chi connectivity index (χ1) is 14.6. The molecule has 0 aliphatic heterocycles. The fourth-order valence-corrected chi connectivity index (χ4v) is 3.91. The second-order valence-corrected chi connectivity index (χ2v) is 7.76. The number of para-hydroxylation sites is 2. The molecule has 0 atom stereocenters. The first kappa shape index (κ1) is 21.2. The molecule has 0 fully saturated rings. The van der Waals surface area contributed by atoms with Gasteiger partial charge in [0.25, 0.3) is 5.91 Å². The molecule has 3 rings (SSSR count). The van der Waals surface area contributed by atoms with Crippen molar-refractivity contribution in [2.75, 3.05) is 10.6 Å². The molecule has 3 aromatic carbocycles. The number of nitrogens with one attached hydrogen (secondary N) is 2. The Balaban J connectivity index is 1.78. The van der Waals surface area contributed by atoms with E-state index in [1.165, 1.54) is 6.20 Å². The van der Waals surface area contributed by atoms with Gasteiger partial charge >= 0.3 is 0 Å². The lowest BCUT2D eigenvalue weighted by Crippen LogP contribution is -2.15. The summed E-state index contributed by atoms with van der Waals surface area (Å²) < 4.78 is 0. The molecule has 0 radical (unpaired) electrons. The number of carbonyl (C=O) groups is 1. The van der Waals surface area contributed by atoms with Gasteiger partial charge in [0.05, 0.1) is 5.69 Å². The van der Waals surface area contributed by atoms with Gasteiger partial charge in [-0.3, -0.25) is 4.79 Å². The van der Waals surface area contributed by atoms with Gasteiger partial charge in [-0.25, -0.2) is 0 Å². The van der Waals surface area contributed by atoms with Gasteiger partial charge in [0.2, 0.25) is 0 Å². The lowest BCUT2D eigenvalue weighted by molar-refractivity contribution is -0.112. The van der Waals surface area contributed by atoms with Crippen molar-refractivity contribution < 1.29 is 4.79 Å². The fourth-order valence-electron chi connectivity index (χ4n) is 2.99. The summed E-state index contributed by atoms with van der Waals surface area (Å²) >= 11 is 1.56. The topological polar surface area (TPSA) is 64.9 Å². The highest BCUT2D eigenvalue weighted by atomic mass is 32.2. The Hall–Kier alpha value is -3.49. The molecule has 3 aromatic rings. The third-order valence-corrected chi connectivity index (χ3v) is 5.66. The number of hydrogen-bond donors (Lipinski definition) is 2. The van der Waals surface area contributed by atoms with Gasteiger partial charge in [-0.1, -0.05) is 67.2 Å². The Morgan fingerprint density at radius 1 is 1.03 bits per heavy atom. The molecule has 4 nitrogen and oxygen atoms in total. The number of rotatable bonds is 7. The van der Waals surface area contributed by atoms with Crippen LogP contribution in [-0.2, 0) is 11.2 Å². The molecule has 0 unspecified atom stereocenters. The van der Waals surface area contributed by atoms with E-state index in [-0.39, 0.29) is 5.57 Å². The zero-order valence-corrected chi connectivity index (χ0v) is 17.8. The SMILES string of the molecule is CCc1cccc(C)c1N/C=C(/C#N)C(=O)Nc1ccccc1Sc1ccccc1. The van der Waals surface area contributed by atoms with E-state index in [1.807, 2.05) is 85.8 Å². The number of hydrogen-bond acceptors (Lipinski definition) is 4. The normalized spacial score (nSPS) is 10.9. The van der Waals surface area contributed by atoms with Crippen molar-refractivity contribution in [3.63, 3.8) is 0 Å². The number of nitriles is 1. The predicted molar refractivity (Wildman–Crippen MR) is 124 cm³/mol. The summed E-state index contributed by atoms with van der Waals surface area (Å²) in [4.78, 5) is 14.7. The second kappa shape index (κ2) is 10.3. The lowest BCUT2D eigenvalue weighted by Gasteiger charge is -2.12. The highest BCUT2D eigenvalue weighted by Crippen LogP contribution is 2.33. The Labute approximate surface area is 181 Å². The van der Waals surface area contributed by atoms with Crippen molar-refractivity contribution in [1.29, 1.82) is 5.26 Å². The monoisotopic (exact) mass is 413 g/mol. The minimum Gasteiger partial charge on any atom is -0.360 e. The number of carbonyl (C=O) groups excluding carboxylic acids is 1. The molecule has 1 amide bonds. The number of benzene rings is 3. The summed E-state index contributed by atoms with van der Waals surface area (Å²) in [6, 6.07) is 25.5. The molecule has 0 bridgehead atoms. The third-order valence-electron chi connectivity index (χ3n) is 4.57. The maximum absolute atomic E-state index is 12.8. The van der Waals surface area contributed by atoms with Crippen LogP contribution < -0.4 is 10.6 Å². The molecule has 0 saturated heterocycles. The number of aryl methyl sites for hydroxylation is 2. The number of nitrogens with zero attached hydrogens (tertiary/aromatic N) is 1. The van der Waals surface area contributed by atoms with E-state index in [1.54, 1.807) is 11.8 Å². The van der Waals surface area contributed by atoms with Crippen LogP contribution in [-0.4, -0.2) is 5.91 Å². The smallest absolute Gasteiger partial charge is 0.267 e. The van der Waals surface area contributed by atoms with Crippen LogP contribution in [0.1, 0.15) is 18.1 Å². The van der Waals surface area contributed by atoms with Crippen LogP contribution in [0.25, 0.3) is 0 Å². The quantitative estimate of drug-likeness (QED) is 0.359. The lowest BCUT2D eigenvalue weighted by atomic mass is 10.1. The van der Waals surface area contributed by atoms with Crippen molar-refractivity contribution >= 4 is 29.0 Å². The molecular formula is C25H23N3OS. The Morgan fingerprint density at radius 2 is 1.77 bits per heavy atom. The summed E-state index contributed by atoms with van der Waals surface area (Å²) in [5.74, 6) is -0.447. The molecule has 150 valence electrons. The molecule has 0 saturated carbocycles. The van der Waals surface area contributed by atoms with Crippen LogP contribution in [0.3, 0.4) is 0 Å². The Bertz CT molecular complexity index is 1100. The first-order valence-corrected chi connectivity index (χ1v) is 10.5. The van der Waals surface area contributed by atoms with Gasteiger partial charge in [0.15, 0.2) is 0 Å². The molecular weight excluding hydrogens is 390 g/mol. The molecule has 0 heterocycles. The van der Waals surface area contributed by atoms with Crippen molar-refractivity contribution in [3.05, 3.63) is 95.7 Å². The van der Waals surface area contributed by atoms with Crippen LogP contribution in [0.5, 0.6) is 0 Å². The molecule has 0 aliphatic rings. The average molecular weight is 414 g/mol. The van der Waals surface area contributed by atoms with Crippen LogP contribution in [0.4, 0.5) is 11.4 Å². The highest BCUT2D eigenvalue weighted by molar-refractivity contribution is 7.99. The van der Waals surface area contributed by atoms with E-state index >= 15 is 0 Å². The Morgan fingerprint density at radius 3 is 2.50 bits per heavy atom. The Kier molecular flexibility index (Phi) is 7.31. The van der Waals surface area contributed by atoms with E-state index in [2.05, 4.69) is 17.6 Å². The average Bonchev–Trinajstić information content (AvgIpc) is 2.77. The van der Waals surface area contributed by atoms with Gasteiger partial charge in [-0.2, -0.15) is 5.26 Å². The van der Waals surface area contributed by atoms with Gasteiger partial charge in [-0.05, 0) is 48.7 Å².